The first kappa shape index (κ1) is 49.4. The monoisotopic (exact) mass is 1130 g/mol. The summed E-state index contributed by atoms with van der Waals surface area (Å²) in [4.78, 5) is 9.59. The maximum absolute atomic E-state index is 6.94. The Kier molecular flexibility index (Phi) is 12.9. The molecule has 0 aliphatic carbocycles. The molecule has 10 aromatic rings. The summed E-state index contributed by atoms with van der Waals surface area (Å²) in [5.74, 6) is 2.04. The zero-order chi connectivity index (χ0) is 50.0. The molecular weight excluding hydrogens is 1070 g/mol. The minimum atomic E-state index is -0.271. The summed E-state index contributed by atoms with van der Waals surface area (Å²) in [7, 11) is 0. The van der Waals surface area contributed by atoms with Crippen LogP contribution in [0.4, 0.5) is 22.7 Å². The number of nitrogens with zero attached hydrogens (tertiary/aromatic N) is 4. The van der Waals surface area contributed by atoms with Crippen molar-refractivity contribution in [3.8, 4) is 17.3 Å². The Morgan fingerprint density at radius 3 is 1.56 bits per heavy atom. The molecule has 0 spiro atoms. The Morgan fingerprint density at radius 2 is 0.973 bits per heavy atom. The zero-order valence-electron chi connectivity index (χ0n) is 43.1. The van der Waals surface area contributed by atoms with Gasteiger partial charge < -0.3 is 19.1 Å². The van der Waals surface area contributed by atoms with Crippen molar-refractivity contribution in [3.05, 3.63) is 258 Å². The number of pyridine rings is 1. The molecule has 6 heteroatoms. The number of para-hydroxylation sites is 3. The Hall–Kier alpha value is -7.20. The second-order valence-corrected chi connectivity index (χ2v) is 21.9. The second-order valence-electron chi connectivity index (χ2n) is 21.9. The van der Waals surface area contributed by atoms with Crippen molar-refractivity contribution in [2.75, 3.05) is 9.80 Å². The van der Waals surface area contributed by atoms with Gasteiger partial charge in [0.15, 0.2) is 0 Å². The topological polar surface area (TPSA) is 33.5 Å². The molecule has 368 valence electrons. The average Bonchev–Trinajstić information content (AvgIpc) is 3.95. The molecule has 0 saturated heterocycles. The maximum atomic E-state index is 6.94. The molecule has 3 heterocycles. The number of anilines is 4. The van der Waals surface area contributed by atoms with Crippen molar-refractivity contribution in [2.24, 2.45) is 0 Å². The average molecular weight is 1130 g/mol. The zero-order valence-corrected chi connectivity index (χ0v) is 45.4. The number of aromatic nitrogens is 2. The molecule has 0 bridgehead atoms. The van der Waals surface area contributed by atoms with Crippen molar-refractivity contribution in [2.45, 2.75) is 84.0 Å². The largest absolute Gasteiger partial charge is 0.509 e. The summed E-state index contributed by atoms with van der Waals surface area (Å²) in [6, 6.07) is 77.1. The van der Waals surface area contributed by atoms with Crippen LogP contribution in [0.3, 0.4) is 0 Å². The summed E-state index contributed by atoms with van der Waals surface area (Å²) in [6.45, 7) is 22.8. The third-order valence-electron chi connectivity index (χ3n) is 15.2. The van der Waals surface area contributed by atoms with Crippen LogP contribution in [0.5, 0.6) is 11.5 Å². The smallest absolute Gasteiger partial charge is 0.135 e. The fraction of sp³-hybridized carbons (Fsp3) is 0.194. The van der Waals surface area contributed by atoms with E-state index in [1.807, 2.05) is 12.3 Å². The number of hydrogen-bond acceptors (Lipinski definition) is 4. The van der Waals surface area contributed by atoms with Crippen LogP contribution in [0.25, 0.3) is 27.6 Å². The molecule has 0 radical (unpaired) electrons. The van der Waals surface area contributed by atoms with Crippen LogP contribution in [0, 0.1) is 18.8 Å². The fourth-order valence-corrected chi connectivity index (χ4v) is 10.4. The summed E-state index contributed by atoms with van der Waals surface area (Å²) in [5.41, 5.74) is 13.7. The van der Waals surface area contributed by atoms with Gasteiger partial charge in [0.25, 0.3) is 0 Å². The summed E-state index contributed by atoms with van der Waals surface area (Å²) in [6.07, 6.45) is 1.92. The third kappa shape index (κ3) is 9.08. The van der Waals surface area contributed by atoms with E-state index in [1.54, 1.807) is 0 Å². The standard InChI is InChI=1S/C67H61N4O.Pt/c1-64(2,3)50-38-54(43-56(41-50)72-55-33-34-58-57-29-19-20-30-59(57)71(62(58)44-55)63-42-49(35-36-68-63)65(4,5)46-23-13-10-14-24-46)70-45-69(60-31-21-22-32-61(60)70)53-39-51(66(6,7)47-25-15-11-16-26-47)37-52(40-53)67(8,9)48-27-17-12-18-28-48;/h10-42,45H,1-9H3;/q-3;. The second kappa shape index (κ2) is 19.0. The van der Waals surface area contributed by atoms with Crippen LogP contribution in [0.15, 0.2) is 200 Å². The Morgan fingerprint density at radius 1 is 0.438 bits per heavy atom. The minimum Gasteiger partial charge on any atom is -0.509 e. The molecule has 8 aromatic carbocycles. The van der Waals surface area contributed by atoms with Gasteiger partial charge in [-0.3, -0.25) is 0 Å². The molecule has 0 fully saturated rings. The molecule has 73 heavy (non-hydrogen) atoms. The van der Waals surface area contributed by atoms with Gasteiger partial charge in [0.1, 0.15) is 5.82 Å². The van der Waals surface area contributed by atoms with E-state index < -0.39 is 0 Å². The van der Waals surface area contributed by atoms with Gasteiger partial charge in [-0.25, -0.2) is 4.98 Å². The molecule has 0 saturated carbocycles. The van der Waals surface area contributed by atoms with E-state index in [0.29, 0.717) is 11.5 Å². The number of ether oxygens (including phenoxy) is 1. The van der Waals surface area contributed by atoms with E-state index in [1.165, 1.54) is 33.4 Å². The number of benzene rings is 8. The van der Waals surface area contributed by atoms with Crippen LogP contribution >= 0.6 is 0 Å². The van der Waals surface area contributed by atoms with E-state index in [-0.39, 0.29) is 42.7 Å². The Labute approximate surface area is 446 Å². The van der Waals surface area contributed by atoms with Crippen molar-refractivity contribution >= 4 is 44.6 Å². The van der Waals surface area contributed by atoms with Crippen LogP contribution < -0.4 is 14.5 Å². The van der Waals surface area contributed by atoms with Crippen LogP contribution in [-0.4, -0.2) is 9.55 Å². The number of fused-ring (bicyclic) bond motifs is 4. The van der Waals surface area contributed by atoms with Crippen LogP contribution in [0.1, 0.15) is 101 Å². The maximum Gasteiger partial charge on any atom is 0.135 e. The van der Waals surface area contributed by atoms with Gasteiger partial charge in [-0.15, -0.1) is 53.6 Å². The van der Waals surface area contributed by atoms with E-state index >= 15 is 0 Å². The van der Waals surface area contributed by atoms with Crippen molar-refractivity contribution in [3.63, 3.8) is 0 Å². The van der Waals surface area contributed by atoms with Gasteiger partial charge >= 0.3 is 0 Å². The van der Waals surface area contributed by atoms with Crippen LogP contribution in [0.2, 0.25) is 0 Å². The molecule has 2 aromatic heterocycles. The minimum absolute atomic E-state index is 0. The molecule has 11 rings (SSSR count). The number of hydrogen-bond donors (Lipinski definition) is 0. The molecule has 1 aliphatic rings. The van der Waals surface area contributed by atoms with Gasteiger partial charge in [-0.1, -0.05) is 195 Å². The van der Waals surface area contributed by atoms with Crippen molar-refractivity contribution in [1.29, 1.82) is 0 Å². The number of rotatable bonds is 11. The predicted molar refractivity (Wildman–Crippen MR) is 299 cm³/mol. The van der Waals surface area contributed by atoms with E-state index in [2.05, 4.69) is 284 Å². The normalized spacial score (nSPS) is 13.1. The summed E-state index contributed by atoms with van der Waals surface area (Å²) in [5, 5.41) is 2.21. The first-order valence-electron chi connectivity index (χ1n) is 25.1. The molecule has 0 amide bonds. The summed E-state index contributed by atoms with van der Waals surface area (Å²) < 4.78 is 9.15. The SMILES string of the molecule is CC(C)(C)c1cc(Oc2[c-]c3c(cc2)c2ccccc2n3-c2cc(C(C)(C)c3ccccc3)ccn2)[c-]c(N2[CH-]N(c3cc(C(C)(C)c4ccccc4)cc(C(C)(C)c4ccccc4)c3)c3ccccc32)c1.[Pt]. The quantitative estimate of drug-likeness (QED) is 0.121. The molecule has 0 N–H and O–H groups in total. The Bertz CT molecular complexity index is 3540. The van der Waals surface area contributed by atoms with Crippen LogP contribution in [-0.2, 0) is 42.7 Å². The van der Waals surface area contributed by atoms with Gasteiger partial charge in [0.2, 0.25) is 0 Å². The van der Waals surface area contributed by atoms with E-state index in [9.17, 15) is 0 Å². The molecule has 5 nitrogen and oxygen atoms in total. The van der Waals surface area contributed by atoms with Gasteiger partial charge in [-0.2, -0.15) is 6.07 Å². The third-order valence-corrected chi connectivity index (χ3v) is 15.2. The molecule has 1 aliphatic heterocycles. The predicted octanol–water partition coefficient (Wildman–Crippen LogP) is 17.3. The Balaban J connectivity index is 0.00000611. The first-order chi connectivity index (χ1) is 34.6. The first-order valence-corrected chi connectivity index (χ1v) is 25.1. The van der Waals surface area contributed by atoms with E-state index in [4.69, 9.17) is 9.72 Å². The van der Waals surface area contributed by atoms with Gasteiger partial charge in [-0.05, 0) is 86.6 Å². The van der Waals surface area contributed by atoms with Crippen molar-refractivity contribution in [1.82, 2.24) is 9.55 Å². The van der Waals surface area contributed by atoms with Gasteiger partial charge in [0.05, 0.1) is 0 Å². The molecule has 0 atom stereocenters. The summed E-state index contributed by atoms with van der Waals surface area (Å²) >= 11 is 0. The van der Waals surface area contributed by atoms with Gasteiger partial charge in [0, 0.05) is 77.6 Å². The molecule has 0 unspecified atom stereocenters. The molecular formula is C67H61N4OPt-3. The van der Waals surface area contributed by atoms with E-state index in [0.717, 1.165) is 55.9 Å². The fourth-order valence-electron chi connectivity index (χ4n) is 10.4. The van der Waals surface area contributed by atoms with Crippen molar-refractivity contribution < 1.29 is 25.8 Å².